The molecule has 3 rings (SSSR count). The molecule has 2 heterocycles. The van der Waals surface area contributed by atoms with Crippen molar-refractivity contribution in [2.24, 2.45) is 0 Å². The molecule has 1 aliphatic carbocycles. The highest BCUT2D eigenvalue weighted by Gasteiger charge is 2.33. The summed E-state index contributed by atoms with van der Waals surface area (Å²) in [5, 5.41) is 2.05. The van der Waals surface area contributed by atoms with Crippen molar-refractivity contribution < 1.29 is 4.79 Å². The maximum atomic E-state index is 12.4. The molecule has 0 bridgehead atoms. The number of thiophene rings is 2. The standard InChI is InChI=1S/C13H12ClNOS2/c14-12-6-5-11(18-12)13(16)15(9-3-4-9)8-10-2-1-7-17-10/h1-2,5-7,9H,3-4,8H2. The van der Waals surface area contributed by atoms with Gasteiger partial charge in [-0.25, -0.2) is 0 Å². The van der Waals surface area contributed by atoms with Crippen LogP contribution in [0.15, 0.2) is 29.6 Å². The lowest BCUT2D eigenvalue weighted by Crippen LogP contribution is -2.31. The summed E-state index contributed by atoms with van der Waals surface area (Å²) >= 11 is 8.95. The van der Waals surface area contributed by atoms with Crippen LogP contribution in [-0.4, -0.2) is 16.8 Å². The first kappa shape index (κ1) is 12.2. The van der Waals surface area contributed by atoms with Gasteiger partial charge in [0.15, 0.2) is 0 Å². The Labute approximate surface area is 119 Å². The molecule has 0 atom stereocenters. The third-order valence-corrected chi connectivity index (χ3v) is 5.02. The van der Waals surface area contributed by atoms with Crippen molar-refractivity contribution in [3.8, 4) is 0 Å². The Kier molecular flexibility index (Phi) is 3.41. The van der Waals surface area contributed by atoms with Crippen molar-refractivity contribution in [3.05, 3.63) is 43.7 Å². The van der Waals surface area contributed by atoms with Gasteiger partial charge < -0.3 is 4.90 Å². The van der Waals surface area contributed by atoms with Gasteiger partial charge in [-0.15, -0.1) is 22.7 Å². The fourth-order valence-corrected chi connectivity index (χ4v) is 3.60. The van der Waals surface area contributed by atoms with E-state index in [2.05, 4.69) is 6.07 Å². The number of rotatable bonds is 4. The Bertz CT molecular complexity index is 545. The third kappa shape index (κ3) is 2.60. The van der Waals surface area contributed by atoms with E-state index in [1.165, 1.54) is 16.2 Å². The van der Waals surface area contributed by atoms with E-state index in [1.807, 2.05) is 22.4 Å². The number of halogens is 1. The average Bonchev–Trinajstić information content (AvgIpc) is 2.88. The highest BCUT2D eigenvalue weighted by atomic mass is 35.5. The lowest BCUT2D eigenvalue weighted by Gasteiger charge is -2.20. The van der Waals surface area contributed by atoms with Gasteiger partial charge in [0.1, 0.15) is 0 Å². The Hall–Kier alpha value is -0.840. The van der Waals surface area contributed by atoms with Crippen molar-refractivity contribution in [1.29, 1.82) is 0 Å². The van der Waals surface area contributed by atoms with Gasteiger partial charge in [-0.05, 0) is 36.4 Å². The molecular formula is C13H12ClNOS2. The summed E-state index contributed by atoms with van der Waals surface area (Å²) in [6.07, 6.45) is 2.24. The number of hydrogen-bond acceptors (Lipinski definition) is 3. The van der Waals surface area contributed by atoms with Crippen LogP contribution in [0, 0.1) is 0 Å². The van der Waals surface area contributed by atoms with Gasteiger partial charge in [0, 0.05) is 10.9 Å². The summed E-state index contributed by atoms with van der Waals surface area (Å²) in [7, 11) is 0. The van der Waals surface area contributed by atoms with Gasteiger partial charge in [-0.2, -0.15) is 0 Å². The zero-order chi connectivity index (χ0) is 12.5. The van der Waals surface area contributed by atoms with Crippen LogP contribution in [-0.2, 0) is 6.54 Å². The molecule has 2 aromatic heterocycles. The molecule has 1 fully saturated rings. The highest BCUT2D eigenvalue weighted by molar-refractivity contribution is 7.18. The van der Waals surface area contributed by atoms with Crippen LogP contribution in [0.5, 0.6) is 0 Å². The number of carbonyl (C=O) groups excluding carboxylic acids is 1. The Morgan fingerprint density at radius 2 is 2.22 bits per heavy atom. The Morgan fingerprint density at radius 1 is 1.39 bits per heavy atom. The van der Waals surface area contributed by atoms with Gasteiger partial charge in [0.05, 0.1) is 15.8 Å². The van der Waals surface area contributed by atoms with Crippen LogP contribution in [0.4, 0.5) is 0 Å². The fourth-order valence-electron chi connectivity index (χ4n) is 1.89. The van der Waals surface area contributed by atoms with Gasteiger partial charge in [-0.3, -0.25) is 4.79 Å². The lowest BCUT2D eigenvalue weighted by atomic mass is 10.3. The smallest absolute Gasteiger partial charge is 0.264 e. The van der Waals surface area contributed by atoms with Crippen LogP contribution < -0.4 is 0 Å². The first-order valence-corrected chi connectivity index (χ1v) is 7.90. The molecule has 0 N–H and O–H groups in total. The zero-order valence-corrected chi connectivity index (χ0v) is 12.0. The largest absolute Gasteiger partial charge is 0.330 e. The first-order chi connectivity index (χ1) is 8.74. The van der Waals surface area contributed by atoms with E-state index in [9.17, 15) is 4.79 Å². The molecular weight excluding hydrogens is 286 g/mol. The van der Waals surface area contributed by atoms with Gasteiger partial charge in [-0.1, -0.05) is 17.7 Å². The minimum absolute atomic E-state index is 0.114. The summed E-state index contributed by atoms with van der Waals surface area (Å²) in [6, 6.07) is 8.13. The number of amides is 1. The Morgan fingerprint density at radius 3 is 2.78 bits per heavy atom. The SMILES string of the molecule is O=C(c1ccc(Cl)s1)N(Cc1cccs1)C1CC1. The second-order valence-electron chi connectivity index (χ2n) is 4.35. The van der Waals surface area contributed by atoms with Crippen molar-refractivity contribution in [2.45, 2.75) is 25.4 Å². The van der Waals surface area contributed by atoms with Crippen molar-refractivity contribution in [3.63, 3.8) is 0 Å². The molecule has 0 saturated heterocycles. The maximum absolute atomic E-state index is 12.4. The van der Waals surface area contributed by atoms with Crippen molar-refractivity contribution in [2.75, 3.05) is 0 Å². The predicted molar refractivity (Wildman–Crippen MR) is 76.5 cm³/mol. The maximum Gasteiger partial charge on any atom is 0.264 e. The van der Waals surface area contributed by atoms with E-state index in [0.29, 0.717) is 10.4 Å². The summed E-state index contributed by atoms with van der Waals surface area (Å²) in [5.74, 6) is 0.114. The monoisotopic (exact) mass is 297 g/mol. The first-order valence-electron chi connectivity index (χ1n) is 5.83. The van der Waals surface area contributed by atoms with Crippen LogP contribution in [0.25, 0.3) is 0 Å². The van der Waals surface area contributed by atoms with Crippen LogP contribution in [0.3, 0.4) is 0 Å². The second-order valence-corrected chi connectivity index (χ2v) is 7.09. The number of nitrogens with zero attached hydrogens (tertiary/aromatic N) is 1. The molecule has 0 aliphatic heterocycles. The van der Waals surface area contributed by atoms with E-state index in [4.69, 9.17) is 11.6 Å². The fraction of sp³-hybridized carbons (Fsp3) is 0.308. The molecule has 1 amide bonds. The molecule has 0 radical (unpaired) electrons. The van der Waals surface area contributed by atoms with Crippen molar-refractivity contribution >= 4 is 40.2 Å². The zero-order valence-electron chi connectivity index (χ0n) is 9.64. The third-order valence-electron chi connectivity index (χ3n) is 2.94. The molecule has 0 unspecified atom stereocenters. The van der Waals surface area contributed by atoms with E-state index in [-0.39, 0.29) is 5.91 Å². The van der Waals surface area contributed by atoms with E-state index < -0.39 is 0 Å². The van der Waals surface area contributed by atoms with Crippen molar-refractivity contribution in [1.82, 2.24) is 4.90 Å². The molecule has 0 aromatic carbocycles. The van der Waals surface area contributed by atoms with Gasteiger partial charge in [0.25, 0.3) is 5.91 Å². The summed E-state index contributed by atoms with van der Waals surface area (Å²) in [6.45, 7) is 0.719. The molecule has 18 heavy (non-hydrogen) atoms. The molecule has 2 aromatic rings. The topological polar surface area (TPSA) is 20.3 Å². The molecule has 5 heteroatoms. The highest BCUT2D eigenvalue weighted by Crippen LogP contribution is 2.32. The molecule has 94 valence electrons. The van der Waals surface area contributed by atoms with Crippen LogP contribution in [0.1, 0.15) is 27.4 Å². The predicted octanol–water partition coefficient (Wildman–Crippen LogP) is 4.27. The van der Waals surface area contributed by atoms with E-state index >= 15 is 0 Å². The molecule has 0 spiro atoms. The number of hydrogen-bond donors (Lipinski definition) is 0. The molecule has 1 saturated carbocycles. The normalized spacial score (nSPS) is 14.7. The second kappa shape index (κ2) is 5.03. The van der Waals surface area contributed by atoms with Crippen LogP contribution in [0.2, 0.25) is 4.34 Å². The molecule has 1 aliphatic rings. The van der Waals surface area contributed by atoms with Crippen LogP contribution >= 0.6 is 34.3 Å². The molecule has 2 nitrogen and oxygen atoms in total. The lowest BCUT2D eigenvalue weighted by molar-refractivity contribution is 0.0736. The van der Waals surface area contributed by atoms with Gasteiger partial charge >= 0.3 is 0 Å². The Balaban J connectivity index is 1.79. The average molecular weight is 298 g/mol. The minimum atomic E-state index is 0.114. The van der Waals surface area contributed by atoms with E-state index in [0.717, 1.165) is 24.3 Å². The van der Waals surface area contributed by atoms with Gasteiger partial charge in [0.2, 0.25) is 0 Å². The summed E-state index contributed by atoms with van der Waals surface area (Å²) < 4.78 is 0.672. The minimum Gasteiger partial charge on any atom is -0.330 e. The quantitative estimate of drug-likeness (QED) is 0.825. The summed E-state index contributed by atoms with van der Waals surface area (Å²) in [5.41, 5.74) is 0. The number of carbonyl (C=O) groups is 1. The summed E-state index contributed by atoms with van der Waals surface area (Å²) in [4.78, 5) is 16.4. The van der Waals surface area contributed by atoms with E-state index in [1.54, 1.807) is 17.4 Å².